The SMILES string of the molecule is CCCN(CCC)CCC.O=S(=O)(O)c1ccccc1. The predicted octanol–water partition coefficient (Wildman–Crippen LogP) is 3.45. The highest BCUT2D eigenvalue weighted by atomic mass is 32.2. The van der Waals surface area contributed by atoms with Gasteiger partial charge in [0.2, 0.25) is 0 Å². The number of benzene rings is 1. The summed E-state index contributed by atoms with van der Waals surface area (Å²) in [5.74, 6) is 0. The lowest BCUT2D eigenvalue weighted by Gasteiger charge is -2.19. The zero-order chi connectivity index (χ0) is 15.4. The molecule has 0 aliphatic rings. The van der Waals surface area contributed by atoms with Crippen molar-refractivity contribution in [3.8, 4) is 0 Å². The second kappa shape index (κ2) is 10.8. The molecule has 1 N–H and O–H groups in total. The molecule has 1 rings (SSSR count). The minimum absolute atomic E-state index is 0.0741. The van der Waals surface area contributed by atoms with Crippen LogP contribution in [0.15, 0.2) is 35.2 Å². The molecule has 20 heavy (non-hydrogen) atoms. The molecule has 0 radical (unpaired) electrons. The van der Waals surface area contributed by atoms with E-state index in [2.05, 4.69) is 25.7 Å². The smallest absolute Gasteiger partial charge is 0.294 e. The third-order valence-corrected chi connectivity index (χ3v) is 3.53. The highest BCUT2D eigenvalue weighted by Gasteiger charge is 2.05. The number of hydrogen-bond acceptors (Lipinski definition) is 3. The van der Waals surface area contributed by atoms with Gasteiger partial charge in [-0.2, -0.15) is 8.42 Å². The van der Waals surface area contributed by atoms with Gasteiger partial charge in [-0.15, -0.1) is 0 Å². The van der Waals surface area contributed by atoms with E-state index in [9.17, 15) is 8.42 Å². The molecule has 0 saturated heterocycles. The fourth-order valence-corrected chi connectivity index (χ4v) is 2.38. The molecule has 0 saturated carbocycles. The lowest BCUT2D eigenvalue weighted by atomic mass is 10.3. The number of nitrogens with zero attached hydrogens (tertiary/aromatic N) is 1. The molecular weight excluding hydrogens is 274 g/mol. The second-order valence-electron chi connectivity index (χ2n) is 4.63. The van der Waals surface area contributed by atoms with E-state index in [1.54, 1.807) is 18.2 Å². The van der Waals surface area contributed by atoms with E-state index in [1.807, 2.05) is 0 Å². The molecule has 0 unspecified atom stereocenters. The minimum atomic E-state index is -4.00. The van der Waals surface area contributed by atoms with Crippen LogP contribution in [0.3, 0.4) is 0 Å². The summed E-state index contributed by atoms with van der Waals surface area (Å²) in [5.41, 5.74) is 0. The van der Waals surface area contributed by atoms with Gasteiger partial charge < -0.3 is 4.90 Å². The van der Waals surface area contributed by atoms with E-state index in [4.69, 9.17) is 4.55 Å². The Bertz CT molecular complexity index is 417. The Morgan fingerprint density at radius 1 is 0.900 bits per heavy atom. The first-order valence-corrected chi connectivity index (χ1v) is 8.64. The van der Waals surface area contributed by atoms with Crippen molar-refractivity contribution in [1.82, 2.24) is 4.90 Å². The maximum absolute atomic E-state index is 10.4. The summed E-state index contributed by atoms with van der Waals surface area (Å²) >= 11 is 0. The molecule has 0 aliphatic carbocycles. The maximum atomic E-state index is 10.4. The van der Waals surface area contributed by atoms with Gasteiger partial charge in [0.15, 0.2) is 0 Å². The van der Waals surface area contributed by atoms with E-state index >= 15 is 0 Å². The van der Waals surface area contributed by atoms with Gasteiger partial charge in [-0.25, -0.2) is 0 Å². The van der Waals surface area contributed by atoms with Crippen molar-refractivity contribution in [3.63, 3.8) is 0 Å². The van der Waals surface area contributed by atoms with Gasteiger partial charge in [0.25, 0.3) is 10.1 Å². The van der Waals surface area contributed by atoms with Crippen LogP contribution in [-0.2, 0) is 10.1 Å². The molecular formula is C15H27NO3S. The Morgan fingerprint density at radius 3 is 1.55 bits per heavy atom. The van der Waals surface area contributed by atoms with Crippen molar-refractivity contribution in [3.05, 3.63) is 30.3 Å². The molecule has 0 atom stereocenters. The van der Waals surface area contributed by atoms with E-state index in [-0.39, 0.29) is 4.90 Å². The molecule has 4 nitrogen and oxygen atoms in total. The monoisotopic (exact) mass is 301 g/mol. The summed E-state index contributed by atoms with van der Waals surface area (Å²) in [6.45, 7) is 10.6. The number of rotatable bonds is 7. The van der Waals surface area contributed by atoms with Gasteiger partial charge in [0.1, 0.15) is 0 Å². The zero-order valence-electron chi connectivity index (χ0n) is 12.7. The Balaban J connectivity index is 0.000000361. The predicted molar refractivity (Wildman–Crippen MR) is 83.6 cm³/mol. The van der Waals surface area contributed by atoms with Crippen LogP contribution in [-0.4, -0.2) is 37.5 Å². The minimum Gasteiger partial charge on any atom is -0.303 e. The molecule has 0 amide bonds. The molecule has 5 heteroatoms. The van der Waals surface area contributed by atoms with Crippen LogP contribution in [0, 0.1) is 0 Å². The van der Waals surface area contributed by atoms with Gasteiger partial charge in [-0.1, -0.05) is 39.0 Å². The van der Waals surface area contributed by atoms with Crippen molar-refractivity contribution in [2.75, 3.05) is 19.6 Å². The van der Waals surface area contributed by atoms with E-state index in [0.717, 1.165) is 0 Å². The summed E-state index contributed by atoms with van der Waals surface area (Å²) in [6, 6.07) is 7.42. The van der Waals surface area contributed by atoms with E-state index in [1.165, 1.54) is 51.0 Å². The van der Waals surface area contributed by atoms with Crippen LogP contribution < -0.4 is 0 Å². The molecule has 1 aromatic carbocycles. The van der Waals surface area contributed by atoms with Gasteiger partial charge >= 0.3 is 0 Å². The van der Waals surface area contributed by atoms with Gasteiger partial charge in [-0.05, 0) is 51.0 Å². The third-order valence-electron chi connectivity index (χ3n) is 2.66. The summed E-state index contributed by atoms with van der Waals surface area (Å²) in [4.78, 5) is 2.47. The number of hydrogen-bond donors (Lipinski definition) is 1. The lowest BCUT2D eigenvalue weighted by molar-refractivity contribution is 0.275. The van der Waals surface area contributed by atoms with Gasteiger partial charge in [0.05, 0.1) is 4.90 Å². The summed E-state index contributed by atoms with van der Waals surface area (Å²) in [6.07, 6.45) is 3.88. The molecule has 116 valence electrons. The summed E-state index contributed by atoms with van der Waals surface area (Å²) < 4.78 is 29.2. The fraction of sp³-hybridized carbons (Fsp3) is 0.600. The van der Waals surface area contributed by atoms with Gasteiger partial charge in [0, 0.05) is 0 Å². The molecule has 0 aliphatic heterocycles. The average Bonchev–Trinajstić information content (AvgIpc) is 2.40. The molecule has 0 fully saturated rings. The van der Waals surface area contributed by atoms with E-state index in [0.29, 0.717) is 0 Å². The summed E-state index contributed by atoms with van der Waals surface area (Å²) in [5, 5.41) is 0. The van der Waals surface area contributed by atoms with Crippen LogP contribution in [0.2, 0.25) is 0 Å². The van der Waals surface area contributed by atoms with Crippen molar-refractivity contribution in [2.24, 2.45) is 0 Å². The normalized spacial score (nSPS) is 11.1. The van der Waals surface area contributed by atoms with Crippen molar-refractivity contribution < 1.29 is 13.0 Å². The first-order valence-electron chi connectivity index (χ1n) is 7.20. The second-order valence-corrected chi connectivity index (χ2v) is 6.05. The van der Waals surface area contributed by atoms with Crippen LogP contribution in [0.5, 0.6) is 0 Å². The molecule has 0 aromatic heterocycles. The summed E-state index contributed by atoms with van der Waals surface area (Å²) in [7, 11) is -4.00. The van der Waals surface area contributed by atoms with Crippen LogP contribution in [0.25, 0.3) is 0 Å². The van der Waals surface area contributed by atoms with Crippen LogP contribution in [0.1, 0.15) is 40.0 Å². The van der Waals surface area contributed by atoms with Crippen molar-refractivity contribution in [1.29, 1.82) is 0 Å². The topological polar surface area (TPSA) is 57.6 Å². The highest BCUT2D eigenvalue weighted by Crippen LogP contribution is 2.05. The largest absolute Gasteiger partial charge is 0.303 e. The Kier molecular flexibility index (Phi) is 10.3. The Hall–Kier alpha value is -0.910. The third kappa shape index (κ3) is 9.07. The van der Waals surface area contributed by atoms with Crippen LogP contribution in [0.4, 0.5) is 0 Å². The zero-order valence-corrected chi connectivity index (χ0v) is 13.6. The van der Waals surface area contributed by atoms with Gasteiger partial charge in [-0.3, -0.25) is 4.55 Å². The first kappa shape index (κ1) is 19.1. The average molecular weight is 301 g/mol. The first-order chi connectivity index (χ1) is 9.45. The molecule has 0 bridgehead atoms. The van der Waals surface area contributed by atoms with Crippen LogP contribution >= 0.6 is 0 Å². The maximum Gasteiger partial charge on any atom is 0.294 e. The quantitative estimate of drug-likeness (QED) is 0.784. The molecule has 0 heterocycles. The fourth-order valence-electron chi connectivity index (χ4n) is 1.88. The Morgan fingerprint density at radius 2 is 1.30 bits per heavy atom. The Labute approximate surface area is 123 Å². The highest BCUT2D eigenvalue weighted by molar-refractivity contribution is 7.85. The standard InChI is InChI=1S/C9H21N.C6H6O3S/c1-4-7-10(8-5-2)9-6-3;7-10(8,9)6-4-2-1-3-5-6/h4-9H2,1-3H3;1-5H,(H,7,8,9). The van der Waals surface area contributed by atoms with E-state index < -0.39 is 10.1 Å². The molecule has 0 spiro atoms. The van der Waals surface area contributed by atoms with Crippen molar-refractivity contribution in [2.45, 2.75) is 44.9 Å². The van der Waals surface area contributed by atoms with Crippen molar-refractivity contribution >= 4 is 10.1 Å². The molecule has 1 aromatic rings. The lowest BCUT2D eigenvalue weighted by Crippen LogP contribution is -2.25.